The fourth-order valence-corrected chi connectivity index (χ4v) is 2.38. The zero-order chi connectivity index (χ0) is 20.5. The number of rotatable bonds is 8. The van der Waals surface area contributed by atoms with Gasteiger partial charge in [0.05, 0.1) is 26.9 Å². The Morgan fingerprint density at radius 3 is 2.00 bits per heavy atom. The van der Waals surface area contributed by atoms with Crippen LogP contribution < -0.4 is 14.8 Å². The Bertz CT molecular complexity index is 824. The van der Waals surface area contributed by atoms with E-state index in [-0.39, 0.29) is 23.6 Å². The van der Waals surface area contributed by atoms with E-state index < -0.39 is 24.5 Å². The highest BCUT2D eigenvalue weighted by atomic mass is 16.5. The molecule has 1 N–H and O–H groups in total. The van der Waals surface area contributed by atoms with Crippen LogP contribution in [0.5, 0.6) is 11.5 Å². The summed E-state index contributed by atoms with van der Waals surface area (Å²) >= 11 is 0. The van der Waals surface area contributed by atoms with E-state index in [2.05, 4.69) is 10.1 Å². The van der Waals surface area contributed by atoms with Gasteiger partial charge in [0, 0.05) is 6.54 Å². The minimum Gasteiger partial charge on any atom is -0.496 e. The van der Waals surface area contributed by atoms with Crippen LogP contribution in [0.1, 0.15) is 26.3 Å². The summed E-state index contributed by atoms with van der Waals surface area (Å²) in [5.41, 5.74) is 1.30. The molecule has 0 radical (unpaired) electrons. The molecular formula is C20H21NO7. The highest BCUT2D eigenvalue weighted by molar-refractivity contribution is 5.96. The van der Waals surface area contributed by atoms with Crippen molar-refractivity contribution in [3.63, 3.8) is 0 Å². The predicted molar refractivity (Wildman–Crippen MR) is 99.5 cm³/mol. The molecule has 0 heterocycles. The third-order valence-corrected chi connectivity index (χ3v) is 3.83. The van der Waals surface area contributed by atoms with E-state index in [9.17, 15) is 14.4 Å². The molecule has 0 saturated heterocycles. The van der Waals surface area contributed by atoms with Gasteiger partial charge in [-0.2, -0.15) is 0 Å². The van der Waals surface area contributed by atoms with E-state index in [1.165, 1.54) is 21.3 Å². The molecule has 28 heavy (non-hydrogen) atoms. The standard InChI is InChI=1S/C20H21NO7/c1-25-15-5-4-6-16(26-2)18(15)20(24)28-12-17(22)21-11-13-7-9-14(10-8-13)19(23)27-3/h4-10H,11-12H2,1-3H3,(H,21,22). The van der Waals surface area contributed by atoms with Gasteiger partial charge in [0.25, 0.3) is 5.91 Å². The van der Waals surface area contributed by atoms with Crippen LogP contribution in [0.4, 0.5) is 0 Å². The number of carbonyl (C=O) groups is 3. The van der Waals surface area contributed by atoms with Gasteiger partial charge >= 0.3 is 11.9 Å². The maximum Gasteiger partial charge on any atom is 0.346 e. The number of ether oxygens (including phenoxy) is 4. The number of benzene rings is 2. The summed E-state index contributed by atoms with van der Waals surface area (Å²) in [7, 11) is 4.14. The van der Waals surface area contributed by atoms with Crippen molar-refractivity contribution in [3.8, 4) is 11.5 Å². The third kappa shape index (κ3) is 5.23. The van der Waals surface area contributed by atoms with E-state index in [4.69, 9.17) is 14.2 Å². The minimum absolute atomic E-state index is 0.110. The Hall–Kier alpha value is -3.55. The van der Waals surface area contributed by atoms with Gasteiger partial charge in [-0.3, -0.25) is 4.79 Å². The first-order valence-electron chi connectivity index (χ1n) is 8.32. The van der Waals surface area contributed by atoms with Crippen LogP contribution in [0.15, 0.2) is 42.5 Å². The van der Waals surface area contributed by atoms with Gasteiger partial charge in [-0.25, -0.2) is 9.59 Å². The first-order chi connectivity index (χ1) is 13.5. The van der Waals surface area contributed by atoms with Gasteiger partial charge in [-0.1, -0.05) is 18.2 Å². The lowest BCUT2D eigenvalue weighted by molar-refractivity contribution is -0.124. The first-order valence-corrected chi connectivity index (χ1v) is 8.32. The topological polar surface area (TPSA) is 100 Å². The molecule has 0 fully saturated rings. The van der Waals surface area contributed by atoms with Crippen molar-refractivity contribution in [2.75, 3.05) is 27.9 Å². The predicted octanol–water partition coefficient (Wildman–Crippen LogP) is 1.96. The van der Waals surface area contributed by atoms with Crippen molar-refractivity contribution in [1.29, 1.82) is 0 Å². The lowest BCUT2D eigenvalue weighted by Crippen LogP contribution is -2.28. The summed E-state index contributed by atoms with van der Waals surface area (Å²) in [4.78, 5) is 35.7. The van der Waals surface area contributed by atoms with Gasteiger partial charge in [-0.15, -0.1) is 0 Å². The molecular weight excluding hydrogens is 366 g/mol. The van der Waals surface area contributed by atoms with Crippen LogP contribution in [0.2, 0.25) is 0 Å². The molecule has 148 valence electrons. The van der Waals surface area contributed by atoms with E-state index in [1.54, 1.807) is 42.5 Å². The van der Waals surface area contributed by atoms with Crippen LogP contribution in [0.25, 0.3) is 0 Å². The summed E-state index contributed by atoms with van der Waals surface area (Å²) in [5, 5.41) is 2.63. The van der Waals surface area contributed by atoms with Crippen molar-refractivity contribution in [3.05, 3.63) is 59.2 Å². The molecule has 2 rings (SSSR count). The van der Waals surface area contributed by atoms with Gasteiger partial charge < -0.3 is 24.3 Å². The molecule has 0 spiro atoms. The smallest absolute Gasteiger partial charge is 0.346 e. The lowest BCUT2D eigenvalue weighted by Gasteiger charge is -2.12. The highest BCUT2D eigenvalue weighted by Gasteiger charge is 2.20. The molecule has 2 aromatic rings. The minimum atomic E-state index is -0.730. The number of esters is 2. The lowest BCUT2D eigenvalue weighted by atomic mass is 10.1. The molecule has 8 heteroatoms. The summed E-state index contributed by atoms with van der Waals surface area (Å²) in [6, 6.07) is 11.4. The van der Waals surface area contributed by atoms with E-state index in [1.807, 2.05) is 0 Å². The molecule has 8 nitrogen and oxygen atoms in total. The first kappa shape index (κ1) is 20.8. The van der Waals surface area contributed by atoms with Crippen LogP contribution in [0, 0.1) is 0 Å². The number of nitrogens with one attached hydrogen (secondary N) is 1. The Morgan fingerprint density at radius 1 is 0.857 bits per heavy atom. The second kappa shape index (κ2) is 9.96. The Kier molecular flexibility index (Phi) is 7.38. The van der Waals surface area contributed by atoms with Crippen molar-refractivity contribution in [1.82, 2.24) is 5.32 Å². The van der Waals surface area contributed by atoms with Crippen molar-refractivity contribution in [2.24, 2.45) is 0 Å². The van der Waals surface area contributed by atoms with Gasteiger partial charge in [-0.05, 0) is 29.8 Å². The molecule has 0 aliphatic heterocycles. The van der Waals surface area contributed by atoms with E-state index in [0.717, 1.165) is 5.56 Å². The number of amides is 1. The number of methoxy groups -OCH3 is 3. The van der Waals surface area contributed by atoms with Crippen LogP contribution in [-0.4, -0.2) is 45.8 Å². The van der Waals surface area contributed by atoms with Crippen molar-refractivity contribution in [2.45, 2.75) is 6.54 Å². The van der Waals surface area contributed by atoms with Crippen molar-refractivity contribution < 1.29 is 33.3 Å². The van der Waals surface area contributed by atoms with Crippen LogP contribution >= 0.6 is 0 Å². The Morgan fingerprint density at radius 2 is 1.46 bits per heavy atom. The fourth-order valence-electron chi connectivity index (χ4n) is 2.38. The normalized spacial score (nSPS) is 9.96. The molecule has 2 aromatic carbocycles. The zero-order valence-corrected chi connectivity index (χ0v) is 15.8. The molecule has 0 unspecified atom stereocenters. The molecule has 0 bridgehead atoms. The monoisotopic (exact) mass is 387 g/mol. The summed E-state index contributed by atoms with van der Waals surface area (Å²) in [6.45, 7) is -0.240. The van der Waals surface area contributed by atoms with Gasteiger partial charge in [0.2, 0.25) is 0 Å². The van der Waals surface area contributed by atoms with Crippen molar-refractivity contribution >= 4 is 17.8 Å². The maximum atomic E-state index is 12.3. The van der Waals surface area contributed by atoms with Gasteiger partial charge in [0.1, 0.15) is 17.1 Å². The fraction of sp³-hybridized carbons (Fsp3) is 0.250. The number of hydrogen-bond donors (Lipinski definition) is 1. The second-order valence-electron chi connectivity index (χ2n) is 5.58. The maximum absolute atomic E-state index is 12.3. The van der Waals surface area contributed by atoms with E-state index >= 15 is 0 Å². The summed E-state index contributed by atoms with van der Waals surface area (Å²) in [6.07, 6.45) is 0. The molecule has 1 amide bonds. The average molecular weight is 387 g/mol. The zero-order valence-electron chi connectivity index (χ0n) is 15.8. The largest absolute Gasteiger partial charge is 0.496 e. The SMILES string of the molecule is COC(=O)c1ccc(CNC(=O)COC(=O)c2c(OC)cccc2OC)cc1. The van der Waals surface area contributed by atoms with Crippen LogP contribution in [-0.2, 0) is 20.8 Å². The summed E-state index contributed by atoms with van der Waals surface area (Å²) in [5.74, 6) is -1.06. The molecule has 0 aliphatic rings. The number of hydrogen-bond acceptors (Lipinski definition) is 7. The number of carbonyl (C=O) groups excluding carboxylic acids is 3. The van der Waals surface area contributed by atoms with Gasteiger partial charge in [0.15, 0.2) is 6.61 Å². The van der Waals surface area contributed by atoms with E-state index in [0.29, 0.717) is 5.56 Å². The quantitative estimate of drug-likeness (QED) is 0.691. The Balaban J connectivity index is 1.89. The third-order valence-electron chi connectivity index (χ3n) is 3.83. The molecule has 0 atom stereocenters. The highest BCUT2D eigenvalue weighted by Crippen LogP contribution is 2.28. The summed E-state index contributed by atoms with van der Waals surface area (Å²) < 4.78 is 20.0. The average Bonchev–Trinajstić information content (AvgIpc) is 2.74. The Labute approximate surface area is 162 Å². The molecule has 0 aromatic heterocycles. The second-order valence-corrected chi connectivity index (χ2v) is 5.58. The molecule has 0 saturated carbocycles. The van der Waals surface area contributed by atoms with Crippen LogP contribution in [0.3, 0.4) is 0 Å². The molecule has 0 aliphatic carbocycles.